The Kier molecular flexibility index (Phi) is 7.05. The highest BCUT2D eigenvalue weighted by Gasteiger charge is 2.20. The maximum Gasteiger partial charge on any atom is 0.419 e. The number of amides is 1. The summed E-state index contributed by atoms with van der Waals surface area (Å²) in [7, 11) is 0. The summed E-state index contributed by atoms with van der Waals surface area (Å²) in [6, 6.07) is 14.1. The molecule has 7 heteroatoms. The molecule has 0 bridgehead atoms. The summed E-state index contributed by atoms with van der Waals surface area (Å²) >= 11 is 0. The fourth-order valence-electron chi connectivity index (χ4n) is 1.84. The van der Waals surface area contributed by atoms with Crippen LogP contribution in [0.4, 0.5) is 10.5 Å². The molecule has 0 aliphatic carbocycles. The van der Waals surface area contributed by atoms with Gasteiger partial charge in [0.2, 0.25) is 0 Å². The monoisotopic (exact) mass is 336 g/mol. The first kappa shape index (κ1) is 18.5. The maximum atomic E-state index is 11.8. The van der Waals surface area contributed by atoms with Crippen molar-refractivity contribution in [1.29, 1.82) is 0 Å². The van der Waals surface area contributed by atoms with Crippen molar-refractivity contribution < 1.29 is 19.4 Å². The van der Waals surface area contributed by atoms with Crippen LogP contribution in [-0.2, 0) is 16.0 Å². The first-order valence-corrected chi connectivity index (χ1v) is 6.66. The molecule has 0 aliphatic heterocycles. The standard InChI is InChI=1S/C16H16N2O4.ClH/c17-13(10-11-6-4-5-9-14(11)19)15(20)22-16(21)18-12-7-2-1-3-8-12;/h1-9,13,19H,10,17H2,(H,18,21);1H. The fraction of sp³-hybridized carbons (Fsp3) is 0.125. The average Bonchev–Trinajstić information content (AvgIpc) is 2.50. The molecule has 0 radical (unpaired) electrons. The van der Waals surface area contributed by atoms with Gasteiger partial charge in [-0.3, -0.25) is 5.32 Å². The van der Waals surface area contributed by atoms with Crippen molar-refractivity contribution >= 4 is 30.2 Å². The molecular weight excluding hydrogens is 320 g/mol. The molecule has 122 valence electrons. The van der Waals surface area contributed by atoms with Crippen molar-refractivity contribution in [2.24, 2.45) is 5.73 Å². The molecule has 0 aromatic heterocycles. The van der Waals surface area contributed by atoms with Crippen molar-refractivity contribution in [3.8, 4) is 5.75 Å². The van der Waals surface area contributed by atoms with Crippen LogP contribution in [0.5, 0.6) is 5.75 Å². The topological polar surface area (TPSA) is 102 Å². The normalized spacial score (nSPS) is 11.0. The number of hydrogen-bond acceptors (Lipinski definition) is 5. The second-order valence-corrected chi connectivity index (χ2v) is 4.64. The highest BCUT2D eigenvalue weighted by Crippen LogP contribution is 2.17. The van der Waals surface area contributed by atoms with Gasteiger partial charge in [0.05, 0.1) is 0 Å². The van der Waals surface area contributed by atoms with Gasteiger partial charge in [0.1, 0.15) is 11.8 Å². The highest BCUT2D eigenvalue weighted by molar-refractivity contribution is 5.94. The number of phenols is 1. The number of anilines is 1. The number of nitrogens with two attached hydrogens (primary N) is 1. The molecular formula is C16H17ClN2O4. The van der Waals surface area contributed by atoms with Crippen molar-refractivity contribution in [3.63, 3.8) is 0 Å². The van der Waals surface area contributed by atoms with Gasteiger partial charge in [-0.2, -0.15) is 0 Å². The Morgan fingerprint density at radius 3 is 2.35 bits per heavy atom. The third-order valence-electron chi connectivity index (χ3n) is 2.95. The Labute approximate surface area is 139 Å². The van der Waals surface area contributed by atoms with E-state index < -0.39 is 18.1 Å². The van der Waals surface area contributed by atoms with Crippen molar-refractivity contribution in [3.05, 3.63) is 60.2 Å². The average molecular weight is 337 g/mol. The number of carbonyl (C=O) groups is 2. The highest BCUT2D eigenvalue weighted by atomic mass is 35.5. The minimum atomic E-state index is -1.05. The number of para-hydroxylation sites is 2. The Bertz CT molecular complexity index is 664. The molecule has 1 atom stereocenters. The van der Waals surface area contributed by atoms with E-state index in [-0.39, 0.29) is 24.6 Å². The number of esters is 1. The minimum Gasteiger partial charge on any atom is -0.508 e. The van der Waals surface area contributed by atoms with Crippen LogP contribution < -0.4 is 11.1 Å². The summed E-state index contributed by atoms with van der Waals surface area (Å²) in [6.45, 7) is 0. The van der Waals surface area contributed by atoms with Crippen LogP contribution in [0, 0.1) is 0 Å². The van der Waals surface area contributed by atoms with Gasteiger partial charge in [-0.05, 0) is 23.8 Å². The van der Waals surface area contributed by atoms with Gasteiger partial charge in [0.15, 0.2) is 0 Å². The zero-order chi connectivity index (χ0) is 15.9. The number of benzene rings is 2. The Morgan fingerprint density at radius 2 is 1.70 bits per heavy atom. The molecule has 1 amide bonds. The van der Waals surface area contributed by atoms with Gasteiger partial charge in [0.25, 0.3) is 0 Å². The Morgan fingerprint density at radius 1 is 1.09 bits per heavy atom. The summed E-state index contributed by atoms with van der Waals surface area (Å²) in [5, 5.41) is 12.0. The summed E-state index contributed by atoms with van der Waals surface area (Å²) in [5.41, 5.74) is 6.71. The van der Waals surface area contributed by atoms with E-state index in [4.69, 9.17) is 5.73 Å². The zero-order valence-electron chi connectivity index (χ0n) is 12.1. The van der Waals surface area contributed by atoms with E-state index in [0.717, 1.165) is 0 Å². The summed E-state index contributed by atoms with van der Waals surface area (Å²) in [6.07, 6.45) is -0.826. The summed E-state index contributed by atoms with van der Waals surface area (Å²) < 4.78 is 4.63. The number of aromatic hydroxyl groups is 1. The largest absolute Gasteiger partial charge is 0.508 e. The smallest absolute Gasteiger partial charge is 0.419 e. The van der Waals surface area contributed by atoms with E-state index in [0.29, 0.717) is 11.3 Å². The van der Waals surface area contributed by atoms with Crippen LogP contribution in [-0.4, -0.2) is 23.2 Å². The van der Waals surface area contributed by atoms with Crippen molar-refractivity contribution in [2.45, 2.75) is 12.5 Å². The molecule has 2 rings (SSSR count). The number of halogens is 1. The predicted molar refractivity (Wildman–Crippen MR) is 88.6 cm³/mol. The molecule has 0 spiro atoms. The number of phenolic OH excluding ortho intramolecular Hbond substituents is 1. The minimum absolute atomic E-state index is 0. The fourth-order valence-corrected chi connectivity index (χ4v) is 1.84. The number of nitrogens with one attached hydrogen (secondary N) is 1. The third-order valence-corrected chi connectivity index (χ3v) is 2.95. The molecule has 6 nitrogen and oxygen atoms in total. The number of hydrogen-bond donors (Lipinski definition) is 3. The van der Waals surface area contributed by atoms with Gasteiger partial charge >= 0.3 is 12.1 Å². The zero-order valence-corrected chi connectivity index (χ0v) is 13.0. The SMILES string of the molecule is Cl.NC(Cc1ccccc1O)C(=O)OC(=O)Nc1ccccc1. The predicted octanol–water partition coefficient (Wildman–Crippen LogP) is 2.46. The quantitative estimate of drug-likeness (QED) is 0.588. The Balaban J connectivity index is 0.00000264. The summed E-state index contributed by atoms with van der Waals surface area (Å²) in [4.78, 5) is 23.4. The molecule has 23 heavy (non-hydrogen) atoms. The number of carbonyl (C=O) groups excluding carboxylic acids is 2. The van der Waals surface area contributed by atoms with E-state index in [2.05, 4.69) is 10.1 Å². The van der Waals surface area contributed by atoms with E-state index in [1.165, 1.54) is 6.07 Å². The third kappa shape index (κ3) is 5.61. The van der Waals surface area contributed by atoms with Crippen LogP contribution in [0.25, 0.3) is 0 Å². The lowest BCUT2D eigenvalue weighted by Gasteiger charge is -2.12. The van der Waals surface area contributed by atoms with Crippen LogP contribution in [0.15, 0.2) is 54.6 Å². The van der Waals surface area contributed by atoms with Gasteiger partial charge in [0, 0.05) is 12.1 Å². The lowest BCUT2D eigenvalue weighted by molar-refractivity contribution is -0.138. The van der Waals surface area contributed by atoms with Gasteiger partial charge in [-0.25, -0.2) is 9.59 Å². The maximum absolute atomic E-state index is 11.8. The Hall–Kier alpha value is -2.57. The number of rotatable bonds is 4. The molecule has 0 fully saturated rings. The van der Waals surface area contributed by atoms with Gasteiger partial charge in [-0.1, -0.05) is 36.4 Å². The van der Waals surface area contributed by atoms with Gasteiger partial charge < -0.3 is 15.6 Å². The molecule has 4 N–H and O–H groups in total. The second-order valence-electron chi connectivity index (χ2n) is 4.64. The lowest BCUT2D eigenvalue weighted by Crippen LogP contribution is -2.36. The molecule has 2 aromatic carbocycles. The van der Waals surface area contributed by atoms with Crippen LogP contribution >= 0.6 is 12.4 Å². The van der Waals surface area contributed by atoms with Crippen LogP contribution in [0.2, 0.25) is 0 Å². The second kappa shape index (κ2) is 8.77. The lowest BCUT2D eigenvalue weighted by atomic mass is 10.1. The van der Waals surface area contributed by atoms with Crippen molar-refractivity contribution in [1.82, 2.24) is 0 Å². The molecule has 0 heterocycles. The first-order valence-electron chi connectivity index (χ1n) is 6.66. The molecule has 2 aromatic rings. The van der Waals surface area contributed by atoms with E-state index in [9.17, 15) is 14.7 Å². The molecule has 0 saturated heterocycles. The van der Waals surface area contributed by atoms with E-state index in [1.807, 2.05) is 0 Å². The van der Waals surface area contributed by atoms with E-state index >= 15 is 0 Å². The number of ether oxygens (including phenoxy) is 1. The van der Waals surface area contributed by atoms with E-state index in [1.54, 1.807) is 48.5 Å². The van der Waals surface area contributed by atoms with Crippen LogP contribution in [0.1, 0.15) is 5.56 Å². The van der Waals surface area contributed by atoms with Gasteiger partial charge in [-0.15, -0.1) is 12.4 Å². The summed E-state index contributed by atoms with van der Waals surface area (Å²) in [5.74, 6) is -0.823. The molecule has 1 unspecified atom stereocenters. The van der Waals surface area contributed by atoms with Crippen molar-refractivity contribution in [2.75, 3.05) is 5.32 Å². The molecule has 0 aliphatic rings. The molecule has 0 saturated carbocycles. The first-order chi connectivity index (χ1) is 10.6. The van der Waals surface area contributed by atoms with Crippen LogP contribution in [0.3, 0.4) is 0 Å².